The van der Waals surface area contributed by atoms with Crippen molar-refractivity contribution >= 4 is 17.1 Å². The standard InChI is InChI=1S/C55H41N/c1-53(2)45-20-10-5-15-37(45)42-28-25-34(31-50(42)53)56(35-26-29-43-38-16-6-11-21-46(38)54(3,4)51(43)32-35)36-27-30-44-41-19-9-14-24-49(41)55(52(44)33-36)47-22-12-7-17-39(47)40-18-8-13-23-48(40)55/h5-33H,1-4H3/i7D,8D,9D,12D,13D,14D,17D,18D,19D,22D,23D,24D,27D,30D,33D. The van der Waals surface area contributed by atoms with E-state index in [0.29, 0.717) is 11.4 Å². The van der Waals surface area contributed by atoms with Gasteiger partial charge < -0.3 is 4.90 Å². The maximum Gasteiger partial charge on any atom is 0.0726 e. The minimum atomic E-state index is -2.47. The zero-order valence-corrected chi connectivity index (χ0v) is 31.0. The quantitative estimate of drug-likeness (QED) is 0.175. The molecule has 0 amide bonds. The summed E-state index contributed by atoms with van der Waals surface area (Å²) in [6, 6.07) is 18.2. The largest absolute Gasteiger partial charge is 0.310 e. The van der Waals surface area contributed by atoms with Gasteiger partial charge in [-0.25, -0.2) is 0 Å². The van der Waals surface area contributed by atoms with E-state index < -0.39 is 107 Å². The van der Waals surface area contributed by atoms with Gasteiger partial charge in [-0.2, -0.15) is 0 Å². The van der Waals surface area contributed by atoms with Crippen molar-refractivity contribution in [2.75, 3.05) is 4.90 Å². The van der Waals surface area contributed by atoms with Crippen LogP contribution in [0.5, 0.6) is 0 Å². The first-order valence-electron chi connectivity index (χ1n) is 26.3. The maximum atomic E-state index is 10.8. The average molecular weight is 731 g/mol. The molecule has 0 aliphatic heterocycles. The molecule has 0 bridgehead atoms. The van der Waals surface area contributed by atoms with Crippen LogP contribution in [0.4, 0.5) is 17.1 Å². The Morgan fingerprint density at radius 3 is 1.25 bits per heavy atom. The third-order valence-electron chi connectivity index (χ3n) is 12.7. The molecule has 266 valence electrons. The molecular weight excluding hydrogens is 675 g/mol. The topological polar surface area (TPSA) is 3.24 Å². The van der Waals surface area contributed by atoms with Gasteiger partial charge in [-0.3, -0.25) is 0 Å². The van der Waals surface area contributed by atoms with Crippen LogP contribution in [0.25, 0.3) is 44.5 Å². The molecule has 0 unspecified atom stereocenters. The second kappa shape index (κ2) is 10.9. The van der Waals surface area contributed by atoms with Gasteiger partial charge in [0.2, 0.25) is 0 Å². The highest BCUT2D eigenvalue weighted by Crippen LogP contribution is 2.63. The molecule has 0 N–H and O–H groups in total. The molecule has 1 spiro atoms. The highest BCUT2D eigenvalue weighted by atomic mass is 15.1. The normalized spacial score (nSPS) is 19.7. The maximum absolute atomic E-state index is 10.8. The summed E-state index contributed by atoms with van der Waals surface area (Å²) in [6.45, 7) is 8.51. The van der Waals surface area contributed by atoms with Crippen molar-refractivity contribution in [1.29, 1.82) is 0 Å². The minimum absolute atomic E-state index is 0.158. The van der Waals surface area contributed by atoms with Crippen LogP contribution in [-0.2, 0) is 16.2 Å². The number of fused-ring (bicyclic) bond motifs is 16. The second-order valence-corrected chi connectivity index (χ2v) is 16.1. The van der Waals surface area contributed by atoms with Crippen LogP contribution in [0, 0.1) is 0 Å². The van der Waals surface area contributed by atoms with Gasteiger partial charge in [0.05, 0.1) is 26.0 Å². The second-order valence-electron chi connectivity index (χ2n) is 16.1. The number of nitrogens with zero attached hydrogens (tertiary/aromatic N) is 1. The van der Waals surface area contributed by atoms with E-state index in [0.717, 1.165) is 44.5 Å². The van der Waals surface area contributed by atoms with Gasteiger partial charge >= 0.3 is 0 Å². The summed E-state index contributed by atoms with van der Waals surface area (Å²) in [5.41, 5.74) is 3.10. The van der Waals surface area contributed by atoms with E-state index in [9.17, 15) is 12.3 Å². The fourth-order valence-electron chi connectivity index (χ4n) is 10.1. The van der Waals surface area contributed by atoms with Gasteiger partial charge in [-0.1, -0.05) is 167 Å². The highest BCUT2D eigenvalue weighted by molar-refractivity contribution is 5.97. The van der Waals surface area contributed by atoms with Crippen LogP contribution < -0.4 is 4.90 Å². The Morgan fingerprint density at radius 1 is 0.357 bits per heavy atom. The van der Waals surface area contributed by atoms with Crippen molar-refractivity contribution in [2.45, 2.75) is 43.9 Å². The Hall–Kier alpha value is -6.44. The molecule has 0 aromatic heterocycles. The minimum Gasteiger partial charge on any atom is -0.310 e. The summed E-state index contributed by atoms with van der Waals surface area (Å²) in [5, 5.41) is 0. The van der Waals surface area contributed by atoms with E-state index >= 15 is 0 Å². The summed E-state index contributed by atoms with van der Waals surface area (Å²) in [5.74, 6) is 0. The molecular formula is C55H41N. The Balaban J connectivity index is 1.27. The molecule has 8 aromatic carbocycles. The lowest BCUT2D eigenvalue weighted by Crippen LogP contribution is -2.26. The zero-order valence-electron chi connectivity index (χ0n) is 46.0. The smallest absolute Gasteiger partial charge is 0.0726 e. The summed E-state index contributed by atoms with van der Waals surface area (Å²) >= 11 is 0. The molecule has 0 atom stereocenters. The SMILES string of the molecule is [2H]c1c([2H])c([2H])c2c(c1[2H])-c1c([2H])c([2H])c([2H])c([2H])c1C21c2c([2H])c([2H])c([2H])c([2H])c2-c2c([2H])c([2H])c(N(c3ccc4c(c3)C(C)(C)c3ccccc3-4)c3ccc4c(c3)C(C)(C)c3ccccc3-4)c([2H])c21. The molecule has 12 rings (SSSR count). The first-order chi connectivity index (χ1) is 33.5. The van der Waals surface area contributed by atoms with Crippen LogP contribution >= 0.6 is 0 Å². The molecule has 1 heteroatoms. The lowest BCUT2D eigenvalue weighted by Gasteiger charge is -2.33. The number of anilines is 3. The van der Waals surface area contributed by atoms with Crippen molar-refractivity contribution in [1.82, 2.24) is 0 Å². The molecule has 8 aromatic rings. The van der Waals surface area contributed by atoms with E-state index in [4.69, 9.17) is 8.22 Å². The predicted molar refractivity (Wildman–Crippen MR) is 233 cm³/mol. The monoisotopic (exact) mass is 730 g/mol. The van der Waals surface area contributed by atoms with E-state index in [1.807, 2.05) is 60.7 Å². The first kappa shape index (κ1) is 20.5. The van der Waals surface area contributed by atoms with Crippen LogP contribution in [0.2, 0.25) is 0 Å². The van der Waals surface area contributed by atoms with Gasteiger partial charge in [0.1, 0.15) is 0 Å². The highest BCUT2D eigenvalue weighted by Gasteiger charge is 2.51. The Morgan fingerprint density at radius 2 is 0.768 bits per heavy atom. The van der Waals surface area contributed by atoms with E-state index in [2.05, 4.69) is 52.0 Å². The summed E-state index contributed by atoms with van der Waals surface area (Å²) in [4.78, 5) is 1.73. The number of benzene rings is 8. The van der Waals surface area contributed by atoms with Crippen molar-refractivity contribution in [3.05, 3.63) is 220 Å². The molecule has 4 aliphatic rings. The summed E-state index contributed by atoms with van der Waals surface area (Å²) < 4.78 is 142. The third-order valence-corrected chi connectivity index (χ3v) is 12.7. The fourth-order valence-corrected chi connectivity index (χ4v) is 10.1. The predicted octanol–water partition coefficient (Wildman–Crippen LogP) is 14.1. The van der Waals surface area contributed by atoms with Crippen molar-refractivity contribution < 1.29 is 20.6 Å². The van der Waals surface area contributed by atoms with Crippen LogP contribution in [0.15, 0.2) is 176 Å². The molecule has 0 fully saturated rings. The molecule has 56 heavy (non-hydrogen) atoms. The number of hydrogen-bond acceptors (Lipinski definition) is 1. The molecule has 0 saturated heterocycles. The number of rotatable bonds is 3. The first-order valence-corrected chi connectivity index (χ1v) is 18.8. The lowest BCUT2D eigenvalue weighted by atomic mass is 9.70. The van der Waals surface area contributed by atoms with Gasteiger partial charge in [0.15, 0.2) is 0 Å². The van der Waals surface area contributed by atoms with Crippen molar-refractivity contribution in [3.63, 3.8) is 0 Å². The summed E-state index contributed by atoms with van der Waals surface area (Å²) in [6.07, 6.45) is 0. The third kappa shape index (κ3) is 3.85. The van der Waals surface area contributed by atoms with Crippen molar-refractivity contribution in [2.24, 2.45) is 0 Å². The Kier molecular flexibility index (Phi) is 3.97. The van der Waals surface area contributed by atoms with Gasteiger partial charge in [0.25, 0.3) is 0 Å². The average Bonchev–Trinajstić information content (AvgIpc) is 4.00. The van der Waals surface area contributed by atoms with E-state index in [1.54, 1.807) is 4.90 Å². The van der Waals surface area contributed by atoms with E-state index in [-0.39, 0.29) is 50.2 Å². The fraction of sp³-hybridized carbons (Fsp3) is 0.127. The zero-order chi connectivity index (χ0) is 50.6. The molecule has 0 radical (unpaired) electrons. The van der Waals surface area contributed by atoms with Gasteiger partial charge in [0, 0.05) is 27.9 Å². The lowest BCUT2D eigenvalue weighted by molar-refractivity contribution is 0.660. The van der Waals surface area contributed by atoms with Crippen LogP contribution in [0.1, 0.15) is 92.8 Å². The van der Waals surface area contributed by atoms with E-state index in [1.165, 1.54) is 0 Å². The number of hydrogen-bond donors (Lipinski definition) is 0. The Labute approximate surface area is 350 Å². The van der Waals surface area contributed by atoms with Crippen LogP contribution in [0.3, 0.4) is 0 Å². The molecule has 1 nitrogen and oxygen atoms in total. The van der Waals surface area contributed by atoms with Crippen LogP contribution in [-0.4, -0.2) is 0 Å². The van der Waals surface area contributed by atoms with Gasteiger partial charge in [-0.15, -0.1) is 0 Å². The summed E-state index contributed by atoms with van der Waals surface area (Å²) in [7, 11) is 0. The Bertz CT molecular complexity index is 3650. The molecule has 0 saturated carbocycles. The van der Waals surface area contributed by atoms with Gasteiger partial charge in [-0.05, 0) is 125 Å². The molecule has 0 heterocycles. The van der Waals surface area contributed by atoms with Crippen molar-refractivity contribution in [3.8, 4) is 44.5 Å². The molecule has 4 aliphatic carbocycles.